The summed E-state index contributed by atoms with van der Waals surface area (Å²) >= 11 is 1.69. The number of nitrogens with one attached hydrogen (secondary N) is 2. The molecule has 4 N–H and O–H groups in total. The van der Waals surface area contributed by atoms with E-state index in [-0.39, 0.29) is 61.8 Å². The molecule has 1 saturated heterocycles. The first-order valence-corrected chi connectivity index (χ1v) is 24.9. The predicted molar refractivity (Wildman–Crippen MR) is 272 cm³/mol. The second-order valence-electron chi connectivity index (χ2n) is 19.0. The van der Waals surface area contributed by atoms with Gasteiger partial charge in [-0.1, -0.05) is 93.6 Å². The Labute approximate surface area is 410 Å². The van der Waals surface area contributed by atoms with Crippen molar-refractivity contribution in [1.82, 2.24) is 20.1 Å². The highest BCUT2D eigenvalue weighted by Gasteiger charge is 2.44. The van der Waals surface area contributed by atoms with Crippen molar-refractivity contribution < 1.29 is 43.6 Å². The van der Waals surface area contributed by atoms with Gasteiger partial charge in [0.15, 0.2) is 5.78 Å². The topological polar surface area (TPSA) is 171 Å². The van der Waals surface area contributed by atoms with Crippen molar-refractivity contribution in [2.45, 2.75) is 85.0 Å². The van der Waals surface area contributed by atoms with Crippen LogP contribution in [-0.2, 0) is 46.4 Å². The molecule has 1 aliphatic heterocycles. The number of H-pyrrole nitrogens is 1. The molecule has 5 aromatic rings. The number of rotatable bonds is 27. The van der Waals surface area contributed by atoms with Crippen LogP contribution in [0.1, 0.15) is 80.8 Å². The fourth-order valence-electron chi connectivity index (χ4n) is 8.63. The van der Waals surface area contributed by atoms with Gasteiger partial charge < -0.3 is 39.6 Å². The van der Waals surface area contributed by atoms with Crippen LogP contribution in [0.2, 0.25) is 0 Å². The van der Waals surface area contributed by atoms with Crippen LogP contribution in [0.3, 0.4) is 0 Å². The highest BCUT2D eigenvalue weighted by atomic mass is 32.1. The van der Waals surface area contributed by atoms with Crippen molar-refractivity contribution in [3.63, 3.8) is 0 Å². The first kappa shape index (κ1) is 53.0. The number of benzene rings is 3. The molecule has 0 aliphatic carbocycles. The molecule has 0 saturated carbocycles. The van der Waals surface area contributed by atoms with Crippen molar-refractivity contribution in [3.8, 4) is 10.4 Å². The second-order valence-corrected chi connectivity index (χ2v) is 19.9. The molecule has 0 radical (unpaired) electrons. The molecule has 0 bridgehead atoms. The van der Waals surface area contributed by atoms with Crippen LogP contribution in [0.4, 0.5) is 0 Å². The van der Waals surface area contributed by atoms with E-state index in [1.165, 1.54) is 32.4 Å². The van der Waals surface area contributed by atoms with E-state index in [9.17, 15) is 24.3 Å². The molecular formula is C55H70N4O9S. The highest BCUT2D eigenvalue weighted by Crippen LogP contribution is 2.34. The Bertz CT molecular complexity index is 2460. The molecule has 1 aliphatic rings. The van der Waals surface area contributed by atoms with Crippen molar-refractivity contribution in [2.24, 2.45) is 11.3 Å². The largest absolute Gasteiger partial charge is 0.391 e. The van der Waals surface area contributed by atoms with Gasteiger partial charge in [-0.25, -0.2) is 0 Å². The van der Waals surface area contributed by atoms with E-state index >= 15 is 0 Å². The molecule has 2 amide bonds. The summed E-state index contributed by atoms with van der Waals surface area (Å²) in [5.74, 6) is -1.76. The maximum atomic E-state index is 14.1. The number of ketones is 2. The van der Waals surface area contributed by atoms with E-state index in [0.717, 1.165) is 53.8 Å². The summed E-state index contributed by atoms with van der Waals surface area (Å²) in [7, 11) is 0. The van der Waals surface area contributed by atoms with E-state index < -0.39 is 30.1 Å². The lowest BCUT2D eigenvalue weighted by Crippen LogP contribution is -2.50. The molecule has 4 atom stereocenters. The lowest BCUT2D eigenvalue weighted by atomic mass is 9.76. The Balaban J connectivity index is 0.885. The lowest BCUT2D eigenvalue weighted by Gasteiger charge is -2.35. The number of amides is 2. The van der Waals surface area contributed by atoms with E-state index in [4.69, 9.17) is 19.3 Å². The number of hydrogen-bond acceptors (Lipinski definition) is 11. The Kier molecular flexibility index (Phi) is 20.0. The number of Topliss-reactive ketones (excluding diaryl/α,β-unsaturated/α-hetero) is 1. The van der Waals surface area contributed by atoms with Gasteiger partial charge in [-0.3, -0.25) is 24.1 Å². The number of para-hydroxylation sites is 1. The SMILES string of the molecule is Cc1ccsc1-c1ccc([C@H](C)NC(=O)[C@H]2C[C@@H](O)CN2C(=O)[C@@H](CC(=O)CCOCCOCCOCCN(CCc2c[nH]c3ccccc23)Cc2ccc(/C=C/C(=O)CO)cc2)C(C)(C)C)cc1. The summed E-state index contributed by atoms with van der Waals surface area (Å²) in [6.07, 6.45) is 5.48. The summed E-state index contributed by atoms with van der Waals surface area (Å²) in [4.78, 5) is 61.0. The van der Waals surface area contributed by atoms with Crippen LogP contribution in [0, 0.1) is 18.3 Å². The maximum Gasteiger partial charge on any atom is 0.243 e. The molecule has 3 heterocycles. The molecule has 0 spiro atoms. The number of carbonyl (C=O) groups is 4. The van der Waals surface area contributed by atoms with Crippen LogP contribution in [-0.4, -0.2) is 126 Å². The predicted octanol–water partition coefficient (Wildman–Crippen LogP) is 7.72. The number of aliphatic hydroxyl groups excluding tert-OH is 2. The first-order valence-electron chi connectivity index (χ1n) is 24.1. The third-order valence-electron chi connectivity index (χ3n) is 12.7. The summed E-state index contributed by atoms with van der Waals surface area (Å²) in [5, 5.41) is 26.0. The standard InChI is InChI=1S/C55H70N4O9S/c1-38-22-31-69-52(38)43-17-15-42(16-18-43)39(2)57-53(64)51-33-47(63)36-59(51)54(65)49(55(3,4)5)32-45(61)21-25-66-27-29-68-30-28-67-26-24-58(23-20-44-34-56-50-9-7-6-8-48(44)50)35-41-12-10-40(11-13-41)14-19-46(62)37-60/h6-19,22,31,34,39,47,49,51,56,60,63H,20-21,23-30,32-33,35-37H2,1-5H3,(H,57,64)/b19-14+/t39-,47+,49+,51+/m0/s1. The minimum atomic E-state index is -0.842. The number of ether oxygens (including phenoxy) is 3. The summed E-state index contributed by atoms with van der Waals surface area (Å²) in [6.45, 7) is 13.7. The Morgan fingerprint density at radius 3 is 2.29 bits per heavy atom. The summed E-state index contributed by atoms with van der Waals surface area (Å²) in [5.41, 5.74) is 7.11. The minimum Gasteiger partial charge on any atom is -0.391 e. The fraction of sp³-hybridized carbons (Fsp3) is 0.455. The molecule has 2 aromatic heterocycles. The van der Waals surface area contributed by atoms with Crippen LogP contribution >= 0.6 is 11.3 Å². The number of likely N-dealkylation sites (tertiary alicyclic amines) is 1. The molecule has 0 unspecified atom stereocenters. The van der Waals surface area contributed by atoms with Crippen LogP contribution < -0.4 is 5.32 Å². The minimum absolute atomic E-state index is 0.00651. The number of nitrogens with zero attached hydrogens (tertiary/aromatic N) is 2. The van der Waals surface area contributed by atoms with E-state index in [1.54, 1.807) is 17.4 Å². The Morgan fingerprint density at radius 2 is 1.61 bits per heavy atom. The molecule has 1 fully saturated rings. The average molecular weight is 963 g/mol. The van der Waals surface area contributed by atoms with Crippen molar-refractivity contribution >= 4 is 51.7 Å². The summed E-state index contributed by atoms with van der Waals surface area (Å²) in [6, 6.07) is 25.4. The zero-order chi connectivity index (χ0) is 49.3. The second kappa shape index (κ2) is 26.0. The third kappa shape index (κ3) is 15.8. The Morgan fingerprint density at radius 1 is 0.913 bits per heavy atom. The Hall–Kier alpha value is -5.32. The highest BCUT2D eigenvalue weighted by molar-refractivity contribution is 7.13. The number of aromatic amines is 1. The molecule has 3 aromatic carbocycles. The number of aromatic nitrogens is 1. The number of β-amino-alcohol motifs (C(OH)–C–C–N with tert-alkyl or cyclic N) is 1. The molecular weight excluding hydrogens is 893 g/mol. The number of hydrogen-bond donors (Lipinski definition) is 4. The summed E-state index contributed by atoms with van der Waals surface area (Å²) < 4.78 is 17.4. The van der Waals surface area contributed by atoms with Gasteiger partial charge in [0.2, 0.25) is 11.8 Å². The van der Waals surface area contributed by atoms with Gasteiger partial charge in [-0.2, -0.15) is 0 Å². The smallest absolute Gasteiger partial charge is 0.243 e. The van der Waals surface area contributed by atoms with Crippen molar-refractivity contribution in [2.75, 3.05) is 65.9 Å². The fourth-order valence-corrected chi connectivity index (χ4v) is 9.56. The van der Waals surface area contributed by atoms with Gasteiger partial charge in [0.1, 0.15) is 18.4 Å². The number of aryl methyl sites for hydroxylation is 1. The van der Waals surface area contributed by atoms with Crippen molar-refractivity contribution in [3.05, 3.63) is 124 Å². The molecule has 13 nitrogen and oxygen atoms in total. The third-order valence-corrected chi connectivity index (χ3v) is 13.8. The van der Waals surface area contributed by atoms with Crippen LogP contribution in [0.15, 0.2) is 96.5 Å². The van der Waals surface area contributed by atoms with E-state index in [0.29, 0.717) is 33.0 Å². The van der Waals surface area contributed by atoms with Gasteiger partial charge in [-0.05, 0) is 82.7 Å². The van der Waals surface area contributed by atoms with Gasteiger partial charge >= 0.3 is 0 Å². The van der Waals surface area contributed by atoms with Crippen LogP contribution in [0.25, 0.3) is 27.4 Å². The molecule has 6 rings (SSSR count). The monoisotopic (exact) mass is 962 g/mol. The molecule has 370 valence electrons. The maximum absolute atomic E-state index is 14.1. The first-order chi connectivity index (χ1) is 33.2. The molecule has 14 heteroatoms. The quantitative estimate of drug-likeness (QED) is 0.0302. The molecule has 69 heavy (non-hydrogen) atoms. The van der Waals surface area contributed by atoms with Crippen LogP contribution in [0.5, 0.6) is 0 Å². The van der Waals surface area contributed by atoms with Gasteiger partial charge in [-0.15, -0.1) is 11.3 Å². The van der Waals surface area contributed by atoms with Gasteiger partial charge in [0.05, 0.1) is 51.8 Å². The number of aliphatic hydroxyl groups is 2. The average Bonchev–Trinajstić information content (AvgIpc) is 4.08. The lowest BCUT2D eigenvalue weighted by molar-refractivity contribution is -0.146. The van der Waals surface area contributed by atoms with Crippen molar-refractivity contribution in [1.29, 1.82) is 0 Å². The van der Waals surface area contributed by atoms with Gasteiger partial charge in [0, 0.05) is 73.3 Å². The van der Waals surface area contributed by atoms with E-state index in [2.05, 4.69) is 70.1 Å². The zero-order valence-corrected chi connectivity index (χ0v) is 41.6. The number of thiophene rings is 1. The van der Waals surface area contributed by atoms with E-state index in [1.807, 2.05) is 70.2 Å². The zero-order valence-electron chi connectivity index (χ0n) is 40.8. The number of fused-ring (bicyclic) bond motifs is 1. The normalized spacial score (nSPS) is 16.1. The number of carbonyl (C=O) groups excluding carboxylic acids is 4. The van der Waals surface area contributed by atoms with Gasteiger partial charge in [0.25, 0.3) is 0 Å².